The van der Waals surface area contributed by atoms with Crippen molar-refractivity contribution < 1.29 is 35.8 Å². The molecule has 8 heteroatoms. The molecule has 0 unspecified atom stereocenters. The minimum Gasteiger partial charge on any atom is -0.497 e. The number of hydrogen-bond donors (Lipinski definition) is 0. The second kappa shape index (κ2) is 8.45. The van der Waals surface area contributed by atoms with E-state index in [0.29, 0.717) is 5.75 Å². The molecular formula is C24H14F6O2. The zero-order valence-corrected chi connectivity index (χ0v) is 16.4. The number of ether oxygens (including phenoxy) is 2. The lowest BCUT2D eigenvalue weighted by Gasteiger charge is -2.12. The van der Waals surface area contributed by atoms with Gasteiger partial charge in [0.05, 0.1) is 7.11 Å². The molecule has 0 spiro atoms. The molecule has 0 N–H and O–H groups in total. The fourth-order valence-corrected chi connectivity index (χ4v) is 3.45. The third-order valence-corrected chi connectivity index (χ3v) is 4.96. The second-order valence-corrected chi connectivity index (χ2v) is 6.86. The van der Waals surface area contributed by atoms with Gasteiger partial charge in [-0.2, -0.15) is 8.78 Å². The van der Waals surface area contributed by atoms with Gasteiger partial charge in [-0.3, -0.25) is 0 Å². The van der Waals surface area contributed by atoms with Crippen molar-refractivity contribution in [3.63, 3.8) is 0 Å². The quantitative estimate of drug-likeness (QED) is 0.298. The summed E-state index contributed by atoms with van der Waals surface area (Å²) in [5, 5.41) is -0.132. The molecule has 0 aliphatic heterocycles. The van der Waals surface area contributed by atoms with Crippen molar-refractivity contribution in [1.29, 1.82) is 0 Å². The average Bonchev–Trinajstić information content (AvgIpc) is 2.76. The van der Waals surface area contributed by atoms with Gasteiger partial charge in [0.2, 0.25) is 0 Å². The lowest BCUT2D eigenvalue weighted by Crippen LogP contribution is -2.06. The summed E-state index contributed by atoms with van der Waals surface area (Å²) in [6.45, 7) is -3.39. The summed E-state index contributed by atoms with van der Waals surface area (Å²) in [6, 6.07) is 13.0. The van der Waals surface area contributed by atoms with Crippen LogP contribution in [0.15, 0.2) is 60.7 Å². The molecule has 0 aliphatic rings. The number of benzene rings is 4. The smallest absolute Gasteiger partial charge is 0.387 e. The van der Waals surface area contributed by atoms with Crippen molar-refractivity contribution in [1.82, 2.24) is 0 Å². The van der Waals surface area contributed by atoms with Crippen molar-refractivity contribution in [2.75, 3.05) is 7.11 Å². The maximum absolute atomic E-state index is 14.9. The van der Waals surface area contributed by atoms with Crippen molar-refractivity contribution in [3.8, 4) is 33.8 Å². The van der Waals surface area contributed by atoms with Crippen molar-refractivity contribution >= 4 is 10.8 Å². The Hall–Kier alpha value is -3.68. The van der Waals surface area contributed by atoms with Crippen molar-refractivity contribution in [2.24, 2.45) is 0 Å². The van der Waals surface area contributed by atoms with Crippen LogP contribution in [0, 0.1) is 23.3 Å². The summed E-state index contributed by atoms with van der Waals surface area (Å²) in [5.41, 5.74) is 0.861. The Morgan fingerprint density at radius 3 is 1.94 bits per heavy atom. The minimum atomic E-state index is -3.39. The highest BCUT2D eigenvalue weighted by atomic mass is 19.3. The van der Waals surface area contributed by atoms with E-state index < -0.39 is 35.6 Å². The summed E-state index contributed by atoms with van der Waals surface area (Å²) < 4.78 is 91.3. The molecule has 0 aliphatic carbocycles. The van der Waals surface area contributed by atoms with E-state index in [0.717, 1.165) is 12.1 Å². The Bertz CT molecular complexity index is 1320. The summed E-state index contributed by atoms with van der Waals surface area (Å²) in [4.78, 5) is 0. The molecule has 0 aromatic heterocycles. The van der Waals surface area contributed by atoms with Crippen LogP contribution in [0.1, 0.15) is 0 Å². The molecule has 4 rings (SSSR count). The zero-order chi connectivity index (χ0) is 23.0. The number of alkyl halides is 2. The zero-order valence-electron chi connectivity index (χ0n) is 16.4. The monoisotopic (exact) mass is 448 g/mol. The lowest BCUT2D eigenvalue weighted by molar-refractivity contribution is -0.0544. The van der Waals surface area contributed by atoms with Crippen LogP contribution < -0.4 is 9.47 Å². The highest BCUT2D eigenvalue weighted by molar-refractivity contribution is 5.89. The fourth-order valence-electron chi connectivity index (χ4n) is 3.45. The fraction of sp³-hybridized carbons (Fsp3) is 0.0833. The van der Waals surface area contributed by atoms with Gasteiger partial charge in [0.25, 0.3) is 0 Å². The summed E-state index contributed by atoms with van der Waals surface area (Å²) in [7, 11) is 1.40. The van der Waals surface area contributed by atoms with Gasteiger partial charge in [-0.05, 0) is 46.8 Å². The Kier molecular flexibility index (Phi) is 5.69. The first kappa shape index (κ1) is 21.5. The van der Waals surface area contributed by atoms with Crippen LogP contribution in [-0.2, 0) is 0 Å². The van der Waals surface area contributed by atoms with E-state index in [1.807, 2.05) is 0 Å². The highest BCUT2D eigenvalue weighted by Gasteiger charge is 2.19. The van der Waals surface area contributed by atoms with Crippen LogP contribution in [-0.4, -0.2) is 13.7 Å². The third-order valence-electron chi connectivity index (χ3n) is 4.96. The molecule has 0 atom stereocenters. The molecule has 0 fully saturated rings. The topological polar surface area (TPSA) is 18.5 Å². The molecule has 4 aromatic rings. The molecule has 4 aromatic carbocycles. The van der Waals surface area contributed by atoms with E-state index in [-0.39, 0.29) is 33.0 Å². The van der Waals surface area contributed by atoms with Gasteiger partial charge >= 0.3 is 6.61 Å². The largest absolute Gasteiger partial charge is 0.497 e. The van der Waals surface area contributed by atoms with Crippen LogP contribution >= 0.6 is 0 Å². The normalized spacial score (nSPS) is 11.2. The Morgan fingerprint density at radius 2 is 1.31 bits per heavy atom. The van der Waals surface area contributed by atoms with E-state index in [2.05, 4.69) is 4.74 Å². The average molecular weight is 448 g/mol. The SMILES string of the molecule is COc1ccc(-c2ccc(-c3ccc4c(F)c(OC(F)F)c(F)cc4c3)c(F)c2)c(F)c1. The van der Waals surface area contributed by atoms with Crippen LogP contribution in [0.3, 0.4) is 0 Å². The van der Waals surface area contributed by atoms with Gasteiger partial charge in [0.15, 0.2) is 17.4 Å². The highest BCUT2D eigenvalue weighted by Crippen LogP contribution is 2.35. The molecule has 0 saturated heterocycles. The van der Waals surface area contributed by atoms with Gasteiger partial charge in [0.1, 0.15) is 17.4 Å². The standard InChI is InChI=1S/C24H14F6O2/c1-31-15-4-7-17(20(26)11-15)13-2-5-16(19(25)9-13)12-3-6-18-14(8-12)10-21(27)23(22(18)28)32-24(29)30/h2-11,24H,1H3. The van der Waals surface area contributed by atoms with Gasteiger partial charge in [0, 0.05) is 22.6 Å². The van der Waals surface area contributed by atoms with Gasteiger partial charge in [-0.25, -0.2) is 17.6 Å². The first-order chi connectivity index (χ1) is 15.3. The van der Waals surface area contributed by atoms with Crippen LogP contribution in [0.4, 0.5) is 26.3 Å². The van der Waals surface area contributed by atoms with E-state index in [1.165, 1.54) is 49.6 Å². The first-order valence-electron chi connectivity index (χ1n) is 9.29. The Labute approximate surface area is 178 Å². The number of fused-ring (bicyclic) bond motifs is 1. The molecule has 164 valence electrons. The van der Waals surface area contributed by atoms with Crippen molar-refractivity contribution in [3.05, 3.63) is 83.9 Å². The van der Waals surface area contributed by atoms with Crippen molar-refractivity contribution in [2.45, 2.75) is 6.61 Å². The maximum Gasteiger partial charge on any atom is 0.387 e. The molecule has 0 heterocycles. The predicted molar refractivity (Wildman–Crippen MR) is 108 cm³/mol. The number of rotatable bonds is 5. The predicted octanol–water partition coefficient (Wildman–Crippen LogP) is 7.34. The number of methoxy groups -OCH3 is 1. The van der Waals surface area contributed by atoms with E-state index in [4.69, 9.17) is 4.74 Å². The molecule has 0 saturated carbocycles. The second-order valence-electron chi connectivity index (χ2n) is 6.86. The van der Waals surface area contributed by atoms with E-state index in [9.17, 15) is 26.3 Å². The molecule has 0 radical (unpaired) electrons. The molecular weight excluding hydrogens is 434 g/mol. The summed E-state index contributed by atoms with van der Waals surface area (Å²) in [5.74, 6) is -4.72. The molecule has 32 heavy (non-hydrogen) atoms. The van der Waals surface area contributed by atoms with Gasteiger partial charge in [-0.1, -0.05) is 24.3 Å². The summed E-state index contributed by atoms with van der Waals surface area (Å²) in [6.07, 6.45) is 0. The minimum absolute atomic E-state index is 0.0313. The van der Waals surface area contributed by atoms with Crippen LogP contribution in [0.25, 0.3) is 33.0 Å². The molecule has 0 bridgehead atoms. The number of halogens is 6. The van der Waals surface area contributed by atoms with E-state index in [1.54, 1.807) is 6.07 Å². The first-order valence-corrected chi connectivity index (χ1v) is 9.29. The third kappa shape index (κ3) is 3.95. The lowest BCUT2D eigenvalue weighted by atomic mass is 9.97. The molecule has 2 nitrogen and oxygen atoms in total. The van der Waals surface area contributed by atoms with Gasteiger partial charge < -0.3 is 9.47 Å². The van der Waals surface area contributed by atoms with Crippen LogP contribution in [0.2, 0.25) is 0 Å². The Morgan fingerprint density at radius 1 is 0.688 bits per heavy atom. The summed E-state index contributed by atoms with van der Waals surface area (Å²) >= 11 is 0. The van der Waals surface area contributed by atoms with Gasteiger partial charge in [-0.15, -0.1) is 0 Å². The van der Waals surface area contributed by atoms with E-state index >= 15 is 0 Å². The van der Waals surface area contributed by atoms with Crippen LogP contribution in [0.5, 0.6) is 11.5 Å². The Balaban J connectivity index is 1.74. The maximum atomic E-state index is 14.9. The number of hydrogen-bond acceptors (Lipinski definition) is 2. The molecule has 0 amide bonds.